The molecule has 0 aliphatic heterocycles. The number of benzene rings is 3. The molecule has 10 nitrogen and oxygen atoms in total. The summed E-state index contributed by atoms with van der Waals surface area (Å²) in [6, 6.07) is 9.87. The van der Waals surface area contributed by atoms with Crippen molar-refractivity contribution in [1.29, 1.82) is 0 Å². The molecule has 0 atom stereocenters. The Bertz CT molecular complexity index is 1740. The van der Waals surface area contributed by atoms with Crippen LogP contribution in [0, 0.1) is 12.7 Å². The standard InChI is InChI=1S/C30H25FO10/c1-14-22(38-15(2)32)10-8-20-26(18-7-9-23(21(31)11-18)39-16(3)33)27(30(35)41-28(14)20)19-12-24(36-5)29(40-17(4)34)25(13-19)37-6/h7-13H,1-6H3. The zero-order valence-electron chi connectivity index (χ0n) is 23.0. The fourth-order valence-corrected chi connectivity index (χ4v) is 4.37. The van der Waals surface area contributed by atoms with Crippen LogP contribution in [0.15, 0.2) is 51.7 Å². The molecule has 1 aromatic heterocycles. The first-order valence-corrected chi connectivity index (χ1v) is 12.2. The van der Waals surface area contributed by atoms with E-state index in [0.717, 1.165) is 13.0 Å². The quantitative estimate of drug-likeness (QED) is 0.164. The summed E-state index contributed by atoms with van der Waals surface area (Å²) in [5.41, 5.74) is 0.394. The molecule has 0 saturated carbocycles. The van der Waals surface area contributed by atoms with Crippen molar-refractivity contribution in [3.8, 4) is 51.0 Å². The molecule has 11 heteroatoms. The number of ether oxygens (including phenoxy) is 5. The molecule has 0 spiro atoms. The molecule has 212 valence electrons. The molecule has 0 fully saturated rings. The van der Waals surface area contributed by atoms with E-state index in [9.17, 15) is 19.2 Å². The lowest BCUT2D eigenvalue weighted by Gasteiger charge is -2.18. The summed E-state index contributed by atoms with van der Waals surface area (Å²) in [5.74, 6) is -2.70. The van der Waals surface area contributed by atoms with Crippen molar-refractivity contribution in [1.82, 2.24) is 0 Å². The third kappa shape index (κ3) is 5.74. The monoisotopic (exact) mass is 564 g/mol. The predicted octanol–water partition coefficient (Wildman–Crippen LogP) is 5.37. The van der Waals surface area contributed by atoms with E-state index in [1.54, 1.807) is 13.0 Å². The van der Waals surface area contributed by atoms with Gasteiger partial charge >= 0.3 is 23.5 Å². The highest BCUT2D eigenvalue weighted by atomic mass is 19.1. The lowest BCUT2D eigenvalue weighted by Crippen LogP contribution is -2.10. The van der Waals surface area contributed by atoms with Crippen LogP contribution in [0.3, 0.4) is 0 Å². The Hall–Kier alpha value is -5.19. The maximum Gasteiger partial charge on any atom is 0.344 e. The van der Waals surface area contributed by atoms with Crippen molar-refractivity contribution in [2.75, 3.05) is 14.2 Å². The van der Waals surface area contributed by atoms with Crippen molar-refractivity contribution >= 4 is 28.9 Å². The summed E-state index contributed by atoms with van der Waals surface area (Å²) in [4.78, 5) is 48.4. The highest BCUT2D eigenvalue weighted by Gasteiger charge is 2.25. The van der Waals surface area contributed by atoms with E-state index in [4.69, 9.17) is 28.1 Å². The summed E-state index contributed by atoms with van der Waals surface area (Å²) < 4.78 is 47.1. The first-order chi connectivity index (χ1) is 19.4. The highest BCUT2D eigenvalue weighted by molar-refractivity contribution is 6.03. The first-order valence-electron chi connectivity index (χ1n) is 12.2. The van der Waals surface area contributed by atoms with Gasteiger partial charge in [-0.05, 0) is 54.4 Å². The second-order valence-electron chi connectivity index (χ2n) is 8.84. The summed E-state index contributed by atoms with van der Waals surface area (Å²) in [6.07, 6.45) is 0. The summed E-state index contributed by atoms with van der Waals surface area (Å²) in [5, 5.41) is 0.384. The number of carbonyl (C=O) groups is 3. The number of hydrogen-bond donors (Lipinski definition) is 0. The van der Waals surface area contributed by atoms with Crippen molar-refractivity contribution in [3.05, 3.63) is 64.3 Å². The normalized spacial score (nSPS) is 10.7. The fraction of sp³-hybridized carbons (Fsp3) is 0.200. The van der Waals surface area contributed by atoms with Gasteiger partial charge in [0.1, 0.15) is 11.3 Å². The zero-order chi connectivity index (χ0) is 30.0. The van der Waals surface area contributed by atoms with Crippen molar-refractivity contribution in [2.24, 2.45) is 0 Å². The number of aryl methyl sites for hydroxylation is 1. The van der Waals surface area contributed by atoms with Crippen LogP contribution < -0.4 is 29.3 Å². The van der Waals surface area contributed by atoms with Crippen LogP contribution in [0.1, 0.15) is 26.3 Å². The van der Waals surface area contributed by atoms with E-state index in [1.807, 2.05) is 0 Å². The molecular weight excluding hydrogens is 539 g/mol. The summed E-state index contributed by atoms with van der Waals surface area (Å²) >= 11 is 0. The molecule has 0 saturated heterocycles. The minimum atomic E-state index is -0.848. The van der Waals surface area contributed by atoms with Crippen LogP contribution >= 0.6 is 0 Å². The van der Waals surface area contributed by atoms with Gasteiger partial charge in [-0.1, -0.05) is 6.07 Å². The number of methoxy groups -OCH3 is 2. The molecule has 4 rings (SSSR count). The van der Waals surface area contributed by atoms with E-state index in [1.165, 1.54) is 58.4 Å². The van der Waals surface area contributed by atoms with Crippen molar-refractivity contribution in [2.45, 2.75) is 27.7 Å². The molecule has 0 unspecified atom stereocenters. The molecule has 4 aromatic rings. The van der Waals surface area contributed by atoms with E-state index in [2.05, 4.69) is 0 Å². The molecule has 0 radical (unpaired) electrons. The van der Waals surface area contributed by atoms with Gasteiger partial charge in [-0.2, -0.15) is 0 Å². The topological polar surface area (TPSA) is 128 Å². The van der Waals surface area contributed by atoms with Crippen LogP contribution in [-0.4, -0.2) is 32.1 Å². The van der Waals surface area contributed by atoms with Crippen LogP contribution in [0.4, 0.5) is 4.39 Å². The predicted molar refractivity (Wildman–Crippen MR) is 145 cm³/mol. The Labute approximate surface area is 233 Å². The zero-order valence-corrected chi connectivity index (χ0v) is 23.0. The van der Waals surface area contributed by atoms with E-state index in [0.29, 0.717) is 10.9 Å². The maximum absolute atomic E-state index is 15.1. The average Bonchev–Trinajstić information content (AvgIpc) is 2.90. The smallest absolute Gasteiger partial charge is 0.344 e. The van der Waals surface area contributed by atoms with Gasteiger partial charge in [-0.25, -0.2) is 9.18 Å². The molecule has 41 heavy (non-hydrogen) atoms. The molecule has 0 aliphatic rings. The molecule has 0 aliphatic carbocycles. The second kappa shape index (κ2) is 11.5. The minimum absolute atomic E-state index is 0.00254. The van der Waals surface area contributed by atoms with Crippen LogP contribution in [0.5, 0.6) is 28.7 Å². The number of hydrogen-bond acceptors (Lipinski definition) is 10. The van der Waals surface area contributed by atoms with E-state index >= 15 is 4.39 Å². The Morgan fingerprint density at radius 2 is 1.27 bits per heavy atom. The molecule has 3 aromatic carbocycles. The van der Waals surface area contributed by atoms with E-state index < -0.39 is 29.4 Å². The Balaban J connectivity index is 2.11. The maximum atomic E-state index is 15.1. The number of fused-ring (bicyclic) bond motifs is 1. The summed E-state index contributed by atoms with van der Waals surface area (Å²) in [6.45, 7) is 5.20. The third-order valence-electron chi connectivity index (χ3n) is 6.00. The molecular formula is C30H25FO10. The third-order valence-corrected chi connectivity index (χ3v) is 6.00. The van der Waals surface area contributed by atoms with Gasteiger partial charge in [0, 0.05) is 37.3 Å². The van der Waals surface area contributed by atoms with Crippen LogP contribution in [0.2, 0.25) is 0 Å². The van der Waals surface area contributed by atoms with E-state index in [-0.39, 0.29) is 56.6 Å². The number of rotatable bonds is 7. The number of carbonyl (C=O) groups excluding carboxylic acids is 3. The van der Waals surface area contributed by atoms with Crippen LogP contribution in [-0.2, 0) is 14.4 Å². The fourth-order valence-electron chi connectivity index (χ4n) is 4.37. The van der Waals surface area contributed by atoms with Crippen molar-refractivity contribution < 1.29 is 46.9 Å². The first kappa shape index (κ1) is 28.8. The van der Waals surface area contributed by atoms with Gasteiger partial charge in [0.15, 0.2) is 23.1 Å². The highest BCUT2D eigenvalue weighted by Crippen LogP contribution is 2.45. The van der Waals surface area contributed by atoms with Gasteiger partial charge in [0.05, 0.1) is 19.8 Å². The number of halogens is 1. The van der Waals surface area contributed by atoms with Gasteiger partial charge in [-0.3, -0.25) is 14.4 Å². The van der Waals surface area contributed by atoms with Crippen LogP contribution in [0.25, 0.3) is 33.2 Å². The average molecular weight is 565 g/mol. The molecule has 0 N–H and O–H groups in total. The Kier molecular flexibility index (Phi) is 8.08. The lowest BCUT2D eigenvalue weighted by molar-refractivity contribution is -0.133. The SMILES string of the molecule is COc1cc(-c2c(-c3ccc(OC(C)=O)c(F)c3)c3ccc(OC(C)=O)c(C)c3oc2=O)cc(OC)c1OC(C)=O. The minimum Gasteiger partial charge on any atom is -0.493 e. The van der Waals surface area contributed by atoms with Gasteiger partial charge in [0.2, 0.25) is 5.75 Å². The summed E-state index contributed by atoms with van der Waals surface area (Å²) in [7, 11) is 2.69. The lowest BCUT2D eigenvalue weighted by atomic mass is 9.91. The molecule has 1 heterocycles. The largest absolute Gasteiger partial charge is 0.493 e. The van der Waals surface area contributed by atoms with Crippen molar-refractivity contribution in [3.63, 3.8) is 0 Å². The Morgan fingerprint density at radius 3 is 1.80 bits per heavy atom. The molecule has 0 bridgehead atoms. The molecule has 0 amide bonds. The second-order valence-corrected chi connectivity index (χ2v) is 8.84. The Morgan fingerprint density at radius 1 is 0.707 bits per heavy atom. The number of esters is 3. The van der Waals surface area contributed by atoms with Gasteiger partial charge < -0.3 is 28.1 Å². The van der Waals surface area contributed by atoms with Gasteiger partial charge in [-0.15, -0.1) is 0 Å². The van der Waals surface area contributed by atoms with Gasteiger partial charge in [0.25, 0.3) is 0 Å².